The zero-order chi connectivity index (χ0) is 6.57. The van der Waals surface area contributed by atoms with Gasteiger partial charge in [0.15, 0.2) is 0 Å². The number of rotatable bonds is 2. The van der Waals surface area contributed by atoms with Gasteiger partial charge in [-0.3, -0.25) is 0 Å². The van der Waals surface area contributed by atoms with Gasteiger partial charge in [-0.2, -0.15) is 4.70 Å². The molecule has 0 aromatic rings. The minimum atomic E-state index is 1.69. The summed E-state index contributed by atoms with van der Waals surface area (Å²) in [5.74, 6) is 0. The van der Waals surface area contributed by atoms with Crippen molar-refractivity contribution in [1.29, 1.82) is 0 Å². The van der Waals surface area contributed by atoms with Crippen LogP contribution in [0.4, 0.5) is 0 Å². The molecule has 4 nitrogen and oxygen atoms in total. The second kappa shape index (κ2) is 3.37. The summed E-state index contributed by atoms with van der Waals surface area (Å²) in [5.41, 5.74) is 2.73. The lowest BCUT2D eigenvalue weighted by molar-refractivity contribution is -0.545. The highest BCUT2D eigenvalue weighted by molar-refractivity contribution is 4.11. The van der Waals surface area contributed by atoms with Crippen molar-refractivity contribution in [3.63, 3.8) is 0 Å². The summed E-state index contributed by atoms with van der Waals surface area (Å²) in [6.07, 6.45) is 0. The van der Waals surface area contributed by atoms with Crippen molar-refractivity contribution in [1.82, 2.24) is 10.5 Å². The first-order valence-corrected chi connectivity index (χ1v) is 2.44. The number of nitrogens with zero attached hydrogens (tertiary/aromatic N) is 3. The molecule has 0 unspecified atom stereocenters. The Morgan fingerprint density at radius 1 is 1.38 bits per heavy atom. The maximum atomic E-state index is 3.83. The van der Waals surface area contributed by atoms with E-state index in [0.717, 1.165) is 0 Å². The molecule has 0 saturated heterocycles. The number of hydrazine groups is 1. The summed E-state index contributed by atoms with van der Waals surface area (Å²) in [6, 6.07) is 0. The van der Waals surface area contributed by atoms with E-state index in [1.54, 1.807) is 9.71 Å². The Balaban J connectivity index is 3.29. The molecule has 0 amide bonds. The van der Waals surface area contributed by atoms with Gasteiger partial charge in [-0.1, -0.05) is 0 Å². The van der Waals surface area contributed by atoms with Gasteiger partial charge in [0, 0.05) is 14.1 Å². The molecule has 0 aliphatic rings. The molecule has 0 aromatic carbocycles. The van der Waals surface area contributed by atoms with Gasteiger partial charge < -0.3 is 0 Å². The van der Waals surface area contributed by atoms with Gasteiger partial charge in [0.2, 0.25) is 0 Å². The highest BCUT2D eigenvalue weighted by atomic mass is 15.7. The smallest absolute Gasteiger partial charge is 0.0967 e. The molecular weight excluding hydrogens is 104 g/mol. The second-order valence-corrected chi connectivity index (χ2v) is 1.94. The van der Waals surface area contributed by atoms with E-state index in [1.807, 2.05) is 28.2 Å². The molecule has 0 aliphatic heterocycles. The SMILES string of the molecule is CN(C)NN=[N+](C)C. The molecular formula is C4H13N4+. The van der Waals surface area contributed by atoms with E-state index in [0.29, 0.717) is 0 Å². The van der Waals surface area contributed by atoms with Gasteiger partial charge in [-0.25, -0.2) is 0 Å². The van der Waals surface area contributed by atoms with E-state index in [1.165, 1.54) is 0 Å². The Kier molecular flexibility index (Phi) is 3.10. The molecule has 0 saturated carbocycles. The second-order valence-electron chi connectivity index (χ2n) is 1.94. The Hall–Kier alpha value is -0.640. The number of hydrogen-bond donors (Lipinski definition) is 1. The summed E-state index contributed by atoms with van der Waals surface area (Å²) >= 11 is 0. The highest BCUT2D eigenvalue weighted by Crippen LogP contribution is 1.63. The first-order valence-electron chi connectivity index (χ1n) is 2.44. The minimum absolute atomic E-state index is 1.69. The minimum Gasteiger partial charge on any atom is -0.174 e. The Morgan fingerprint density at radius 2 is 1.88 bits per heavy atom. The van der Waals surface area contributed by atoms with Crippen LogP contribution >= 0.6 is 0 Å². The van der Waals surface area contributed by atoms with Crippen molar-refractivity contribution in [3.8, 4) is 0 Å². The summed E-state index contributed by atoms with van der Waals surface area (Å²) in [4.78, 5) is 0. The Morgan fingerprint density at radius 3 is 2.00 bits per heavy atom. The lowest BCUT2D eigenvalue weighted by atomic mass is 11.2. The van der Waals surface area contributed by atoms with Crippen molar-refractivity contribution >= 4 is 0 Å². The lowest BCUT2D eigenvalue weighted by Crippen LogP contribution is -2.26. The largest absolute Gasteiger partial charge is 0.174 e. The summed E-state index contributed by atoms with van der Waals surface area (Å²) < 4.78 is 1.69. The average molecular weight is 117 g/mol. The number of nitrogens with one attached hydrogen (secondary N) is 1. The molecule has 8 heavy (non-hydrogen) atoms. The van der Waals surface area contributed by atoms with Crippen LogP contribution in [0.1, 0.15) is 0 Å². The van der Waals surface area contributed by atoms with Crippen molar-refractivity contribution in [2.45, 2.75) is 0 Å². The van der Waals surface area contributed by atoms with Gasteiger partial charge in [0.05, 0.1) is 19.3 Å². The monoisotopic (exact) mass is 117 g/mol. The third kappa shape index (κ3) is 5.36. The average Bonchev–Trinajstić information content (AvgIpc) is 1.61. The Bertz CT molecular complexity index is 82.0. The van der Waals surface area contributed by atoms with Crippen LogP contribution in [0.2, 0.25) is 0 Å². The first kappa shape index (κ1) is 7.36. The van der Waals surface area contributed by atoms with Crippen LogP contribution in [0.15, 0.2) is 5.22 Å². The third-order valence-electron chi connectivity index (χ3n) is 0.445. The van der Waals surface area contributed by atoms with Gasteiger partial charge in [0.1, 0.15) is 0 Å². The van der Waals surface area contributed by atoms with Gasteiger partial charge in [-0.05, 0) is 0 Å². The first-order chi connectivity index (χ1) is 3.63. The standard InChI is InChI=1S/C4H12N4/c1-7(2)5-6-8(3)4/h1-4H3/p+1. The van der Waals surface area contributed by atoms with Crippen LogP contribution in [0.5, 0.6) is 0 Å². The van der Waals surface area contributed by atoms with E-state index in [4.69, 9.17) is 0 Å². The van der Waals surface area contributed by atoms with Crippen LogP contribution in [0.25, 0.3) is 0 Å². The maximum absolute atomic E-state index is 3.83. The molecule has 0 heterocycles. The third-order valence-corrected chi connectivity index (χ3v) is 0.445. The van der Waals surface area contributed by atoms with Crippen LogP contribution in [0.3, 0.4) is 0 Å². The summed E-state index contributed by atoms with van der Waals surface area (Å²) in [6.45, 7) is 0. The van der Waals surface area contributed by atoms with Crippen molar-refractivity contribution in [3.05, 3.63) is 0 Å². The molecule has 0 rings (SSSR count). The molecule has 0 aliphatic carbocycles. The quantitative estimate of drug-likeness (QED) is 0.305. The van der Waals surface area contributed by atoms with Crippen molar-refractivity contribution < 1.29 is 4.70 Å². The normalized spacial score (nSPS) is 9.12. The van der Waals surface area contributed by atoms with Gasteiger partial charge >= 0.3 is 0 Å². The van der Waals surface area contributed by atoms with Gasteiger partial charge in [-0.15, -0.1) is 10.5 Å². The molecule has 0 bridgehead atoms. The molecule has 4 heteroatoms. The van der Waals surface area contributed by atoms with Crippen molar-refractivity contribution in [2.75, 3.05) is 28.2 Å². The molecule has 1 N–H and O–H groups in total. The fourth-order valence-corrected chi connectivity index (χ4v) is 0.179. The predicted octanol–water partition coefficient (Wildman–Crippen LogP) is -0.308. The molecule has 0 radical (unpaired) electrons. The van der Waals surface area contributed by atoms with Crippen LogP contribution in [0, 0.1) is 0 Å². The van der Waals surface area contributed by atoms with E-state index in [9.17, 15) is 0 Å². The molecule has 0 aromatic heterocycles. The predicted molar refractivity (Wildman–Crippen MR) is 31.4 cm³/mol. The topological polar surface area (TPSA) is 30.6 Å². The number of hydrogen-bond acceptors (Lipinski definition) is 2. The molecule has 0 spiro atoms. The van der Waals surface area contributed by atoms with Crippen LogP contribution < -0.4 is 5.53 Å². The zero-order valence-corrected chi connectivity index (χ0v) is 5.84. The van der Waals surface area contributed by atoms with Crippen LogP contribution in [-0.2, 0) is 0 Å². The fraction of sp³-hybridized carbons (Fsp3) is 1.00. The van der Waals surface area contributed by atoms with E-state index < -0.39 is 0 Å². The van der Waals surface area contributed by atoms with E-state index in [2.05, 4.69) is 10.8 Å². The molecule has 0 atom stereocenters. The lowest BCUT2D eigenvalue weighted by Gasteiger charge is -1.97. The molecule has 48 valence electrons. The summed E-state index contributed by atoms with van der Waals surface area (Å²) in [5, 5.41) is 5.60. The summed E-state index contributed by atoms with van der Waals surface area (Å²) in [7, 11) is 7.48. The van der Waals surface area contributed by atoms with E-state index in [-0.39, 0.29) is 0 Å². The highest BCUT2D eigenvalue weighted by Gasteiger charge is 1.86. The fourth-order valence-electron chi connectivity index (χ4n) is 0.179. The zero-order valence-electron chi connectivity index (χ0n) is 5.84. The van der Waals surface area contributed by atoms with Gasteiger partial charge in [0.25, 0.3) is 0 Å². The Labute approximate surface area is 49.7 Å². The molecule has 0 fully saturated rings. The van der Waals surface area contributed by atoms with Crippen LogP contribution in [-0.4, -0.2) is 37.9 Å². The van der Waals surface area contributed by atoms with E-state index >= 15 is 0 Å². The maximum Gasteiger partial charge on any atom is 0.0967 e. The van der Waals surface area contributed by atoms with Crippen molar-refractivity contribution in [2.24, 2.45) is 5.22 Å².